The van der Waals surface area contributed by atoms with E-state index in [9.17, 15) is 18.0 Å². The highest BCUT2D eigenvalue weighted by Crippen LogP contribution is 2.23. The zero-order valence-corrected chi connectivity index (χ0v) is 17.5. The van der Waals surface area contributed by atoms with Crippen LogP contribution in [0.4, 0.5) is 5.69 Å². The predicted molar refractivity (Wildman–Crippen MR) is 112 cm³/mol. The van der Waals surface area contributed by atoms with Crippen LogP contribution >= 0.6 is 0 Å². The van der Waals surface area contributed by atoms with E-state index in [0.717, 1.165) is 21.7 Å². The van der Waals surface area contributed by atoms with E-state index in [2.05, 4.69) is 15.3 Å². The number of hydrogen-bond donors (Lipinski definition) is 1. The fourth-order valence-corrected chi connectivity index (χ4v) is 3.44. The molecule has 0 saturated carbocycles. The van der Waals surface area contributed by atoms with Gasteiger partial charge in [-0.15, -0.1) is 0 Å². The number of aryl methyl sites for hydroxylation is 2. The number of rotatable bonds is 7. The molecule has 29 heavy (non-hydrogen) atoms. The van der Waals surface area contributed by atoms with Gasteiger partial charge in [-0.25, -0.2) is 18.6 Å². The van der Waals surface area contributed by atoms with Gasteiger partial charge in [0.05, 0.1) is 30.8 Å². The molecule has 0 atom stereocenters. The van der Waals surface area contributed by atoms with Crippen molar-refractivity contribution in [2.24, 2.45) is 5.10 Å². The fourth-order valence-electron chi connectivity index (χ4n) is 2.54. The Balaban J connectivity index is 2.08. The van der Waals surface area contributed by atoms with Crippen molar-refractivity contribution < 1.29 is 22.7 Å². The first-order chi connectivity index (χ1) is 13.6. The lowest BCUT2D eigenvalue weighted by molar-refractivity contribution is -0.119. The molecular formula is C20H23N3O5S. The Bertz CT molecular complexity index is 1030. The number of hydrazone groups is 1. The highest BCUT2D eigenvalue weighted by atomic mass is 32.2. The normalized spacial score (nSPS) is 11.3. The standard InChI is InChI=1S/C20H23N3O5S/c1-14-5-6-15(2)18(11-14)23(29(4,26)27)13-19(24)22-21-12-16-7-9-17(10-8-16)20(25)28-3/h5-12H,13H2,1-4H3,(H,22,24)/b21-12-. The summed E-state index contributed by atoms with van der Waals surface area (Å²) in [5, 5.41) is 3.84. The van der Waals surface area contributed by atoms with Gasteiger partial charge < -0.3 is 4.74 Å². The van der Waals surface area contributed by atoms with Gasteiger partial charge in [-0.2, -0.15) is 5.10 Å². The minimum atomic E-state index is -3.67. The first kappa shape index (κ1) is 22.1. The van der Waals surface area contributed by atoms with Gasteiger partial charge in [-0.05, 0) is 48.7 Å². The fraction of sp³-hybridized carbons (Fsp3) is 0.250. The largest absolute Gasteiger partial charge is 0.465 e. The van der Waals surface area contributed by atoms with Crippen LogP contribution in [0.3, 0.4) is 0 Å². The highest BCUT2D eigenvalue weighted by Gasteiger charge is 2.22. The van der Waals surface area contributed by atoms with E-state index in [4.69, 9.17) is 0 Å². The summed E-state index contributed by atoms with van der Waals surface area (Å²) in [5.41, 5.74) is 5.43. The van der Waals surface area contributed by atoms with Crippen molar-refractivity contribution in [2.45, 2.75) is 13.8 Å². The Labute approximate surface area is 170 Å². The number of nitrogens with one attached hydrogen (secondary N) is 1. The van der Waals surface area contributed by atoms with Crippen molar-refractivity contribution in [1.29, 1.82) is 0 Å². The summed E-state index contributed by atoms with van der Waals surface area (Å²) in [6, 6.07) is 11.8. The zero-order valence-electron chi connectivity index (χ0n) is 16.7. The summed E-state index contributed by atoms with van der Waals surface area (Å²) in [6.07, 6.45) is 2.44. The molecule has 2 aromatic carbocycles. The molecule has 0 heterocycles. The van der Waals surface area contributed by atoms with Gasteiger partial charge in [-0.3, -0.25) is 9.10 Å². The SMILES string of the molecule is COC(=O)c1ccc(/C=N\NC(=O)CN(c2cc(C)ccc2C)S(C)(=O)=O)cc1. The maximum atomic E-state index is 12.3. The number of carbonyl (C=O) groups is 2. The van der Waals surface area contributed by atoms with Crippen molar-refractivity contribution in [3.8, 4) is 0 Å². The molecule has 0 saturated heterocycles. The minimum absolute atomic E-state index is 0.394. The van der Waals surface area contributed by atoms with Gasteiger partial charge >= 0.3 is 5.97 Å². The Morgan fingerprint density at radius 3 is 2.38 bits per heavy atom. The summed E-state index contributed by atoms with van der Waals surface area (Å²) in [6.45, 7) is 3.22. The molecule has 2 rings (SSSR count). The number of carbonyl (C=O) groups excluding carboxylic acids is 2. The second-order valence-corrected chi connectivity index (χ2v) is 8.37. The predicted octanol–water partition coefficient (Wildman–Crippen LogP) is 2.01. The van der Waals surface area contributed by atoms with E-state index >= 15 is 0 Å². The van der Waals surface area contributed by atoms with Crippen molar-refractivity contribution in [2.75, 3.05) is 24.2 Å². The number of nitrogens with zero attached hydrogens (tertiary/aromatic N) is 2. The molecule has 0 aliphatic heterocycles. The molecule has 0 radical (unpaired) electrons. The summed E-state index contributed by atoms with van der Waals surface area (Å²) in [7, 11) is -2.37. The second kappa shape index (κ2) is 9.33. The Morgan fingerprint density at radius 1 is 1.14 bits per heavy atom. The number of amides is 1. The smallest absolute Gasteiger partial charge is 0.337 e. The van der Waals surface area contributed by atoms with Crippen LogP contribution in [-0.2, 0) is 19.6 Å². The number of hydrogen-bond acceptors (Lipinski definition) is 6. The molecule has 0 aliphatic carbocycles. The molecule has 0 spiro atoms. The van der Waals surface area contributed by atoms with Crippen LogP contribution in [0.15, 0.2) is 47.6 Å². The third kappa shape index (κ3) is 6.15. The van der Waals surface area contributed by atoms with E-state index in [0.29, 0.717) is 16.8 Å². The highest BCUT2D eigenvalue weighted by molar-refractivity contribution is 7.92. The van der Waals surface area contributed by atoms with Gasteiger partial charge in [0.2, 0.25) is 10.0 Å². The van der Waals surface area contributed by atoms with E-state index < -0.39 is 28.4 Å². The summed E-state index contributed by atoms with van der Waals surface area (Å²) in [4.78, 5) is 23.7. The van der Waals surface area contributed by atoms with Crippen molar-refractivity contribution >= 4 is 33.8 Å². The van der Waals surface area contributed by atoms with Gasteiger partial charge in [-0.1, -0.05) is 24.3 Å². The topological polar surface area (TPSA) is 105 Å². The lowest BCUT2D eigenvalue weighted by Crippen LogP contribution is -2.39. The second-order valence-electron chi connectivity index (χ2n) is 6.47. The average molecular weight is 417 g/mol. The number of methoxy groups -OCH3 is 1. The number of benzene rings is 2. The third-order valence-corrected chi connectivity index (χ3v) is 5.18. The first-order valence-corrected chi connectivity index (χ1v) is 10.5. The van der Waals surface area contributed by atoms with Crippen molar-refractivity contribution in [3.63, 3.8) is 0 Å². The van der Waals surface area contributed by atoms with Crippen LogP contribution in [0.1, 0.15) is 27.0 Å². The van der Waals surface area contributed by atoms with Gasteiger partial charge in [0.1, 0.15) is 6.54 Å². The maximum absolute atomic E-state index is 12.3. The molecule has 0 aliphatic rings. The van der Waals surface area contributed by atoms with Crippen LogP contribution < -0.4 is 9.73 Å². The van der Waals surface area contributed by atoms with Crippen LogP contribution in [0.25, 0.3) is 0 Å². The summed E-state index contributed by atoms with van der Waals surface area (Å²) in [5.74, 6) is -1.03. The zero-order chi connectivity index (χ0) is 21.6. The number of anilines is 1. The number of ether oxygens (including phenoxy) is 1. The van der Waals surface area contributed by atoms with E-state index in [1.165, 1.54) is 13.3 Å². The lowest BCUT2D eigenvalue weighted by Gasteiger charge is -2.23. The molecular weight excluding hydrogens is 394 g/mol. The Hall–Kier alpha value is -3.20. The van der Waals surface area contributed by atoms with Crippen molar-refractivity contribution in [1.82, 2.24) is 5.43 Å². The summed E-state index contributed by atoms with van der Waals surface area (Å²) < 4.78 is 30.1. The molecule has 0 aromatic heterocycles. The average Bonchev–Trinajstić information content (AvgIpc) is 2.67. The molecule has 154 valence electrons. The van der Waals surface area contributed by atoms with E-state index in [1.54, 1.807) is 43.3 Å². The maximum Gasteiger partial charge on any atom is 0.337 e. The molecule has 0 fully saturated rings. The lowest BCUT2D eigenvalue weighted by atomic mass is 10.1. The minimum Gasteiger partial charge on any atom is -0.465 e. The number of sulfonamides is 1. The molecule has 1 amide bonds. The van der Waals surface area contributed by atoms with Crippen LogP contribution in [0.5, 0.6) is 0 Å². The molecule has 0 unspecified atom stereocenters. The van der Waals surface area contributed by atoms with Crippen LogP contribution in [0.2, 0.25) is 0 Å². The molecule has 2 aromatic rings. The Kier molecular flexibility index (Phi) is 7.11. The first-order valence-electron chi connectivity index (χ1n) is 8.67. The third-order valence-electron chi connectivity index (χ3n) is 4.06. The molecule has 9 heteroatoms. The van der Waals surface area contributed by atoms with E-state index in [-0.39, 0.29) is 0 Å². The van der Waals surface area contributed by atoms with Gasteiger partial charge in [0.15, 0.2) is 0 Å². The van der Waals surface area contributed by atoms with E-state index in [1.807, 2.05) is 13.0 Å². The molecule has 1 N–H and O–H groups in total. The Morgan fingerprint density at radius 2 is 1.79 bits per heavy atom. The monoisotopic (exact) mass is 417 g/mol. The number of esters is 1. The van der Waals surface area contributed by atoms with Crippen LogP contribution in [-0.4, -0.2) is 46.4 Å². The quantitative estimate of drug-likeness (QED) is 0.421. The van der Waals surface area contributed by atoms with Crippen molar-refractivity contribution in [3.05, 3.63) is 64.7 Å². The van der Waals surface area contributed by atoms with Gasteiger partial charge in [0.25, 0.3) is 5.91 Å². The van der Waals surface area contributed by atoms with Crippen LogP contribution in [0, 0.1) is 13.8 Å². The molecule has 8 nitrogen and oxygen atoms in total. The molecule has 0 bridgehead atoms. The van der Waals surface area contributed by atoms with Gasteiger partial charge in [0, 0.05) is 0 Å². The summed E-state index contributed by atoms with van der Waals surface area (Å²) >= 11 is 0.